The predicted octanol–water partition coefficient (Wildman–Crippen LogP) is 5.17. The fourth-order valence-electron chi connectivity index (χ4n) is 3.48. The molecule has 0 radical (unpaired) electrons. The van der Waals surface area contributed by atoms with Gasteiger partial charge in [0.05, 0.1) is 0 Å². The minimum atomic E-state index is -0.395. The normalized spacial score (nSPS) is 18.1. The first-order valence-corrected chi connectivity index (χ1v) is 11.5. The van der Waals surface area contributed by atoms with Crippen LogP contribution in [-0.4, -0.2) is 60.8 Å². The minimum absolute atomic E-state index is 0.222. The Kier molecular flexibility index (Phi) is 10.2. The van der Waals surface area contributed by atoms with Crippen molar-refractivity contribution in [2.24, 2.45) is 0 Å². The summed E-state index contributed by atoms with van der Waals surface area (Å²) in [6, 6.07) is 10.6. The summed E-state index contributed by atoms with van der Waals surface area (Å²) in [7, 11) is 0. The molecular weight excluding hydrogens is 398 g/mol. The highest BCUT2D eigenvalue weighted by Gasteiger charge is 2.23. The Balaban J connectivity index is 0.000000182. The molecule has 0 fully saturated rings. The van der Waals surface area contributed by atoms with Gasteiger partial charge in [-0.25, -0.2) is 4.79 Å². The third-order valence-electron chi connectivity index (χ3n) is 5.17. The van der Waals surface area contributed by atoms with Crippen molar-refractivity contribution in [1.29, 1.82) is 0 Å². The quantitative estimate of drug-likeness (QED) is 0.646. The lowest BCUT2D eigenvalue weighted by Gasteiger charge is -2.24. The van der Waals surface area contributed by atoms with E-state index in [4.69, 9.17) is 4.74 Å². The number of hydrogen-bond acceptors (Lipinski definition) is 4. The third-order valence-corrected chi connectivity index (χ3v) is 5.17. The van der Waals surface area contributed by atoms with Crippen LogP contribution in [0.1, 0.15) is 47.1 Å². The SMILES string of the molecule is CC1=CCN(C(=O)OC(C)(C)C)C1.CC1=CCN(Cc2ccccc2)C1.CC1=CCNC1. The second-order valence-corrected chi connectivity index (χ2v) is 9.80. The van der Waals surface area contributed by atoms with Crippen LogP contribution in [0, 0.1) is 0 Å². The molecule has 1 amide bonds. The van der Waals surface area contributed by atoms with E-state index in [9.17, 15) is 4.79 Å². The van der Waals surface area contributed by atoms with Crippen LogP contribution in [-0.2, 0) is 11.3 Å². The highest BCUT2D eigenvalue weighted by Crippen LogP contribution is 2.14. The van der Waals surface area contributed by atoms with Gasteiger partial charge in [0, 0.05) is 45.8 Å². The van der Waals surface area contributed by atoms with E-state index in [1.54, 1.807) is 4.90 Å². The van der Waals surface area contributed by atoms with Gasteiger partial charge in [-0.15, -0.1) is 0 Å². The number of hydrogen-bond donors (Lipinski definition) is 1. The molecule has 1 N–H and O–H groups in total. The first kappa shape index (κ1) is 25.9. The molecule has 3 heterocycles. The van der Waals surface area contributed by atoms with Gasteiger partial charge in [0.25, 0.3) is 0 Å². The average molecular weight is 440 g/mol. The van der Waals surface area contributed by atoms with Gasteiger partial charge in [-0.1, -0.05) is 65.3 Å². The molecule has 0 aromatic heterocycles. The van der Waals surface area contributed by atoms with E-state index < -0.39 is 5.60 Å². The van der Waals surface area contributed by atoms with E-state index in [0.29, 0.717) is 13.1 Å². The Morgan fingerprint density at radius 2 is 1.59 bits per heavy atom. The second-order valence-electron chi connectivity index (χ2n) is 9.80. The van der Waals surface area contributed by atoms with Crippen LogP contribution in [0.3, 0.4) is 0 Å². The molecular formula is C27H41N3O2. The van der Waals surface area contributed by atoms with Gasteiger partial charge < -0.3 is 15.0 Å². The number of benzene rings is 1. The summed E-state index contributed by atoms with van der Waals surface area (Å²) in [6.45, 7) is 18.9. The third kappa shape index (κ3) is 10.3. The predicted molar refractivity (Wildman–Crippen MR) is 134 cm³/mol. The van der Waals surface area contributed by atoms with Crippen molar-refractivity contribution in [3.8, 4) is 0 Å². The fraction of sp³-hybridized carbons (Fsp3) is 0.519. The highest BCUT2D eigenvalue weighted by molar-refractivity contribution is 5.69. The molecule has 0 unspecified atom stereocenters. The van der Waals surface area contributed by atoms with Crippen LogP contribution in [0.4, 0.5) is 4.79 Å². The topological polar surface area (TPSA) is 44.8 Å². The van der Waals surface area contributed by atoms with E-state index in [-0.39, 0.29) is 6.09 Å². The number of nitrogens with zero attached hydrogens (tertiary/aromatic N) is 2. The standard InChI is InChI=1S/C12H15N.C10H17NO2.C5H9N/c1-11-7-8-13(9-11)10-12-5-3-2-4-6-12;1-8-5-6-11(7-8)9(12)13-10(2,3)4;1-5-2-3-6-4-5/h2-7H,8-10H2,1H3;5H,6-7H2,1-4H3;2,6H,3-4H2,1H3. The number of ether oxygens (including phenoxy) is 1. The number of nitrogens with one attached hydrogen (secondary N) is 1. The molecule has 1 aromatic rings. The molecule has 0 saturated heterocycles. The lowest BCUT2D eigenvalue weighted by Crippen LogP contribution is -2.35. The zero-order chi connectivity index (χ0) is 23.6. The lowest BCUT2D eigenvalue weighted by atomic mass is 10.2. The molecule has 0 atom stereocenters. The molecule has 1 aromatic carbocycles. The summed E-state index contributed by atoms with van der Waals surface area (Å²) in [4.78, 5) is 15.6. The largest absolute Gasteiger partial charge is 0.444 e. The minimum Gasteiger partial charge on any atom is -0.444 e. The van der Waals surface area contributed by atoms with E-state index >= 15 is 0 Å². The van der Waals surface area contributed by atoms with Crippen molar-refractivity contribution in [1.82, 2.24) is 15.1 Å². The van der Waals surface area contributed by atoms with Gasteiger partial charge in [0.2, 0.25) is 0 Å². The van der Waals surface area contributed by atoms with Gasteiger partial charge in [0.15, 0.2) is 0 Å². The first-order chi connectivity index (χ1) is 15.1. The number of amides is 1. The molecule has 5 nitrogen and oxygen atoms in total. The highest BCUT2D eigenvalue weighted by atomic mass is 16.6. The molecule has 176 valence electrons. The summed E-state index contributed by atoms with van der Waals surface area (Å²) in [5.41, 5.74) is 5.20. The Hall–Kier alpha value is -2.37. The van der Waals surface area contributed by atoms with E-state index in [1.807, 2.05) is 33.8 Å². The summed E-state index contributed by atoms with van der Waals surface area (Å²) < 4.78 is 5.22. The first-order valence-electron chi connectivity index (χ1n) is 11.5. The zero-order valence-electron chi connectivity index (χ0n) is 20.8. The average Bonchev–Trinajstić information content (AvgIpc) is 3.46. The van der Waals surface area contributed by atoms with Crippen molar-refractivity contribution in [3.63, 3.8) is 0 Å². The van der Waals surface area contributed by atoms with Crippen LogP contribution in [0.2, 0.25) is 0 Å². The van der Waals surface area contributed by atoms with E-state index in [1.165, 1.54) is 22.3 Å². The smallest absolute Gasteiger partial charge is 0.410 e. The lowest BCUT2D eigenvalue weighted by molar-refractivity contribution is 0.0301. The Labute approximate surface area is 194 Å². The zero-order valence-corrected chi connectivity index (χ0v) is 20.8. The van der Waals surface area contributed by atoms with E-state index in [2.05, 4.69) is 66.5 Å². The Morgan fingerprint density at radius 1 is 0.938 bits per heavy atom. The molecule has 0 saturated carbocycles. The van der Waals surface area contributed by atoms with Gasteiger partial charge in [0.1, 0.15) is 5.60 Å². The fourth-order valence-corrected chi connectivity index (χ4v) is 3.48. The maximum atomic E-state index is 11.5. The number of carbonyl (C=O) groups is 1. The number of rotatable bonds is 2. The van der Waals surface area contributed by atoms with Gasteiger partial charge in [-0.05, 0) is 47.1 Å². The van der Waals surface area contributed by atoms with Crippen molar-refractivity contribution in [3.05, 3.63) is 70.8 Å². The molecule has 0 aliphatic carbocycles. The summed E-state index contributed by atoms with van der Waals surface area (Å²) in [5.74, 6) is 0. The van der Waals surface area contributed by atoms with Crippen molar-refractivity contribution in [2.75, 3.05) is 39.3 Å². The van der Waals surface area contributed by atoms with Gasteiger partial charge >= 0.3 is 6.09 Å². The molecule has 5 heteroatoms. The summed E-state index contributed by atoms with van der Waals surface area (Å²) in [6.07, 6.45) is 6.34. The summed E-state index contributed by atoms with van der Waals surface area (Å²) in [5, 5.41) is 3.18. The summed E-state index contributed by atoms with van der Waals surface area (Å²) >= 11 is 0. The van der Waals surface area contributed by atoms with Crippen LogP contribution in [0.15, 0.2) is 65.3 Å². The van der Waals surface area contributed by atoms with E-state index in [0.717, 1.165) is 32.7 Å². The Bertz CT molecular complexity index is 819. The second kappa shape index (κ2) is 12.6. The van der Waals surface area contributed by atoms with Crippen molar-refractivity contribution in [2.45, 2.75) is 53.7 Å². The maximum absolute atomic E-state index is 11.5. The molecule has 3 aliphatic heterocycles. The molecule has 3 aliphatic rings. The van der Waals surface area contributed by atoms with Crippen molar-refractivity contribution < 1.29 is 9.53 Å². The maximum Gasteiger partial charge on any atom is 0.410 e. The Morgan fingerprint density at radius 3 is 2.03 bits per heavy atom. The molecule has 0 bridgehead atoms. The number of carbonyl (C=O) groups excluding carboxylic acids is 1. The van der Waals surface area contributed by atoms with Gasteiger partial charge in [-0.3, -0.25) is 4.90 Å². The van der Waals surface area contributed by atoms with Crippen LogP contribution in [0.5, 0.6) is 0 Å². The van der Waals surface area contributed by atoms with Crippen LogP contribution >= 0.6 is 0 Å². The molecule has 32 heavy (non-hydrogen) atoms. The van der Waals surface area contributed by atoms with Crippen LogP contribution < -0.4 is 5.32 Å². The molecule has 0 spiro atoms. The van der Waals surface area contributed by atoms with Crippen molar-refractivity contribution >= 4 is 6.09 Å². The van der Waals surface area contributed by atoms with Crippen LogP contribution in [0.25, 0.3) is 0 Å². The monoisotopic (exact) mass is 439 g/mol. The van der Waals surface area contributed by atoms with Gasteiger partial charge in [-0.2, -0.15) is 0 Å². The molecule has 4 rings (SSSR count).